The van der Waals surface area contributed by atoms with Gasteiger partial charge in [-0.15, -0.1) is 24.8 Å². The summed E-state index contributed by atoms with van der Waals surface area (Å²) < 4.78 is 39.1. The molecule has 0 saturated carbocycles. The topological polar surface area (TPSA) is 42.9 Å². The van der Waals surface area contributed by atoms with Crippen molar-refractivity contribution in [3.05, 3.63) is 0 Å². The van der Waals surface area contributed by atoms with E-state index in [0.29, 0.717) is 0 Å². The summed E-state index contributed by atoms with van der Waals surface area (Å²) in [5.74, 6) is -0.417. The largest absolute Gasteiger partial charge is 1.00 e. The highest BCUT2D eigenvalue weighted by Crippen LogP contribution is 2.21. The van der Waals surface area contributed by atoms with Crippen molar-refractivity contribution >= 4 is 17.4 Å². The van der Waals surface area contributed by atoms with Gasteiger partial charge in [0.05, 0.1) is 5.88 Å². The molecule has 0 bridgehead atoms. The number of carbonyl (C=O) groups excluding carboxylic acids is 1. The van der Waals surface area contributed by atoms with E-state index in [4.69, 9.17) is 11.6 Å². The third-order valence-corrected chi connectivity index (χ3v) is 2.31. The number of Topliss-reactive ketones (excluding diaryl/α,β-unsaturated/α-hetero) is 1. The summed E-state index contributed by atoms with van der Waals surface area (Å²) in [7, 11) is 0. The van der Waals surface area contributed by atoms with Crippen LogP contribution in [-0.2, 0) is 9.53 Å². The van der Waals surface area contributed by atoms with Crippen LogP contribution in [0.25, 0.3) is 0 Å². The van der Waals surface area contributed by atoms with Crippen molar-refractivity contribution in [3.8, 4) is 0 Å². The molecule has 1 aliphatic rings. The molecule has 0 spiro atoms. The summed E-state index contributed by atoms with van der Waals surface area (Å²) in [5, 5.41) is 1.53. The Morgan fingerprint density at radius 1 is 1.53 bits per heavy atom. The molecule has 15 heavy (non-hydrogen) atoms. The number of rotatable bonds is 3. The zero-order valence-electron chi connectivity index (χ0n) is 7.56. The Kier molecular flexibility index (Phi) is 5.87. The average molecular weight is 268 g/mol. The summed E-state index contributed by atoms with van der Waals surface area (Å²) in [5.41, 5.74) is 0. The molecule has 0 aliphatic carbocycles. The third-order valence-electron chi connectivity index (χ3n) is 2.05. The van der Waals surface area contributed by atoms with E-state index in [0.717, 1.165) is 0 Å². The lowest BCUT2D eigenvalue weighted by atomic mass is 10.1. The summed E-state index contributed by atoms with van der Waals surface area (Å²) in [4.78, 5) is 11.0. The second kappa shape index (κ2) is 5.89. The van der Waals surface area contributed by atoms with Crippen LogP contribution in [0.5, 0.6) is 0 Å². The zero-order valence-corrected chi connectivity index (χ0v) is 9.07. The molecule has 0 radical (unpaired) electrons. The van der Waals surface area contributed by atoms with Crippen LogP contribution in [-0.4, -0.2) is 36.7 Å². The number of hydrogen-bond acceptors (Lipinski definition) is 2. The van der Waals surface area contributed by atoms with Crippen molar-refractivity contribution in [2.24, 2.45) is 0 Å². The summed E-state index contributed by atoms with van der Waals surface area (Å²) in [6.45, 7) is 0.146. The van der Waals surface area contributed by atoms with E-state index in [1.54, 1.807) is 0 Å². The molecule has 1 heterocycles. The molecule has 2 N–H and O–H groups in total. The fourth-order valence-electron chi connectivity index (χ4n) is 1.44. The van der Waals surface area contributed by atoms with Crippen LogP contribution < -0.4 is 17.7 Å². The minimum absolute atomic E-state index is 0. The Bertz CT molecular complexity index is 225. The normalized spacial score (nSPS) is 26.1. The first-order valence-corrected chi connectivity index (χ1v) is 4.62. The predicted molar refractivity (Wildman–Crippen MR) is 41.9 cm³/mol. The molecule has 0 aromatic rings. The Hall–Kier alpha value is -0.0400. The van der Waals surface area contributed by atoms with Gasteiger partial charge >= 0.3 is 6.36 Å². The van der Waals surface area contributed by atoms with Crippen molar-refractivity contribution in [3.63, 3.8) is 0 Å². The molecule has 0 aromatic carbocycles. The molecule has 1 fully saturated rings. The van der Waals surface area contributed by atoms with E-state index in [1.807, 2.05) is 0 Å². The van der Waals surface area contributed by atoms with Gasteiger partial charge in [-0.05, 0) is 0 Å². The highest BCUT2D eigenvalue weighted by atomic mass is 35.5. The van der Waals surface area contributed by atoms with E-state index < -0.39 is 18.5 Å². The Morgan fingerprint density at radius 2 is 2.13 bits per heavy atom. The van der Waals surface area contributed by atoms with Crippen molar-refractivity contribution in [1.29, 1.82) is 0 Å². The molecule has 90 valence electrons. The first kappa shape index (κ1) is 15.0. The first-order valence-electron chi connectivity index (χ1n) is 4.09. The molecule has 1 saturated heterocycles. The predicted octanol–water partition coefficient (Wildman–Crippen LogP) is -2.96. The number of hydrogen-bond donors (Lipinski definition) is 1. The van der Waals surface area contributed by atoms with Crippen LogP contribution in [0.2, 0.25) is 0 Å². The molecule has 1 rings (SSSR count). The molecule has 2 atom stereocenters. The number of ketones is 1. The van der Waals surface area contributed by atoms with E-state index in [-0.39, 0.29) is 37.0 Å². The number of carbonyl (C=O) groups is 1. The molecule has 0 aromatic heterocycles. The second-order valence-electron chi connectivity index (χ2n) is 3.10. The molecule has 3 nitrogen and oxygen atoms in total. The van der Waals surface area contributed by atoms with Gasteiger partial charge in [-0.2, -0.15) is 0 Å². The summed E-state index contributed by atoms with van der Waals surface area (Å²) >= 11 is 5.28. The van der Waals surface area contributed by atoms with Crippen LogP contribution >= 0.6 is 11.6 Å². The van der Waals surface area contributed by atoms with Crippen molar-refractivity contribution in [2.75, 3.05) is 12.4 Å². The molecular formula is C7H10Cl2F3NO2. The fourth-order valence-corrected chi connectivity index (χ4v) is 1.64. The van der Waals surface area contributed by atoms with Crippen molar-refractivity contribution < 1.29 is 40.4 Å². The van der Waals surface area contributed by atoms with Crippen LogP contribution in [0.1, 0.15) is 6.42 Å². The zero-order chi connectivity index (χ0) is 10.8. The maximum atomic E-state index is 11.8. The standard InChI is InChI=1S/C7H9ClF3NO2.ClH/c8-2-6(13)5-1-4(3-12-5)14-7(9,10)11;/h4-5,12H,1-3H2;1H/t4-,5-;/m0./s1. The Morgan fingerprint density at radius 3 is 2.60 bits per heavy atom. The fraction of sp³-hybridized carbons (Fsp3) is 0.857. The molecular weight excluding hydrogens is 258 g/mol. The Balaban J connectivity index is 0.00000196. The highest BCUT2D eigenvalue weighted by Gasteiger charge is 2.41. The van der Waals surface area contributed by atoms with Gasteiger partial charge in [0.2, 0.25) is 5.78 Å². The van der Waals surface area contributed by atoms with Crippen LogP contribution in [0.3, 0.4) is 0 Å². The number of nitrogens with two attached hydrogens (primary N) is 1. The van der Waals surface area contributed by atoms with Gasteiger partial charge < -0.3 is 17.7 Å². The lowest BCUT2D eigenvalue weighted by Gasteiger charge is -2.10. The molecule has 8 heteroatoms. The highest BCUT2D eigenvalue weighted by molar-refractivity contribution is 6.28. The number of ether oxygens (including phenoxy) is 1. The summed E-state index contributed by atoms with van der Waals surface area (Å²) in [6.07, 6.45) is -5.49. The van der Waals surface area contributed by atoms with Crippen molar-refractivity contribution in [2.45, 2.75) is 24.9 Å². The van der Waals surface area contributed by atoms with E-state index in [1.165, 1.54) is 5.32 Å². The van der Waals surface area contributed by atoms with E-state index in [9.17, 15) is 18.0 Å². The minimum atomic E-state index is -4.63. The monoisotopic (exact) mass is 267 g/mol. The number of alkyl halides is 4. The van der Waals surface area contributed by atoms with Crippen LogP contribution in [0.15, 0.2) is 0 Å². The SMILES string of the molecule is O=C(CCl)[C@@H]1C[C@H](OC(F)(F)F)C[NH2+]1.[Cl-]. The number of quaternary nitrogens is 1. The minimum Gasteiger partial charge on any atom is -1.00 e. The average Bonchev–Trinajstić information content (AvgIpc) is 2.48. The van der Waals surface area contributed by atoms with Crippen molar-refractivity contribution in [1.82, 2.24) is 0 Å². The van der Waals surface area contributed by atoms with Crippen LogP contribution in [0.4, 0.5) is 13.2 Å². The van der Waals surface area contributed by atoms with Gasteiger partial charge in [0.15, 0.2) is 0 Å². The van der Waals surface area contributed by atoms with E-state index >= 15 is 0 Å². The van der Waals surface area contributed by atoms with Gasteiger partial charge in [-0.25, -0.2) is 0 Å². The van der Waals surface area contributed by atoms with E-state index in [2.05, 4.69) is 4.74 Å². The lowest BCUT2D eigenvalue weighted by Crippen LogP contribution is -3.00. The smallest absolute Gasteiger partial charge is 0.522 e. The molecule has 0 amide bonds. The van der Waals surface area contributed by atoms with Gasteiger partial charge in [0, 0.05) is 6.42 Å². The number of halogens is 5. The van der Waals surface area contributed by atoms with Gasteiger partial charge in [-0.1, -0.05) is 0 Å². The third kappa shape index (κ3) is 5.01. The Labute approximate surface area is 95.7 Å². The molecule has 1 aliphatic heterocycles. The first-order chi connectivity index (χ1) is 6.42. The maximum Gasteiger partial charge on any atom is 0.522 e. The molecule has 0 unspecified atom stereocenters. The van der Waals surface area contributed by atoms with Gasteiger partial charge in [-0.3, -0.25) is 9.53 Å². The van der Waals surface area contributed by atoms with Gasteiger partial charge in [0.1, 0.15) is 18.7 Å². The van der Waals surface area contributed by atoms with Crippen LogP contribution in [0, 0.1) is 0 Å². The maximum absolute atomic E-state index is 11.8. The summed E-state index contributed by atoms with van der Waals surface area (Å²) in [6, 6.07) is -0.486. The quantitative estimate of drug-likeness (QED) is 0.556. The lowest BCUT2D eigenvalue weighted by molar-refractivity contribution is -0.660. The van der Waals surface area contributed by atoms with Gasteiger partial charge in [0.25, 0.3) is 0 Å². The second-order valence-corrected chi connectivity index (χ2v) is 3.37.